The molecule has 2 aromatic heterocycles. The summed E-state index contributed by atoms with van der Waals surface area (Å²) < 4.78 is 5.31. The van der Waals surface area contributed by atoms with Gasteiger partial charge in [0.05, 0.1) is 29.6 Å². The highest BCUT2D eigenvalue weighted by atomic mass is 32.1. The number of nitrogens with one attached hydrogen (secondary N) is 2. The highest BCUT2D eigenvalue weighted by molar-refractivity contribution is 7.13. The molecule has 0 aliphatic carbocycles. The number of thiazole rings is 1. The SMILES string of the molecule is CCCNC(=O)c1ccccc1NC(=O)Cc1csc(-c2ccco2)n1. The van der Waals surface area contributed by atoms with Crippen LogP contribution in [-0.4, -0.2) is 23.3 Å². The molecular weight excluding hydrogens is 350 g/mol. The first-order valence-corrected chi connectivity index (χ1v) is 9.20. The van der Waals surface area contributed by atoms with Gasteiger partial charge in [-0.25, -0.2) is 4.98 Å². The van der Waals surface area contributed by atoms with Crippen LogP contribution >= 0.6 is 11.3 Å². The van der Waals surface area contributed by atoms with Crippen LogP contribution in [0.1, 0.15) is 29.4 Å². The van der Waals surface area contributed by atoms with Crippen molar-refractivity contribution in [2.75, 3.05) is 11.9 Å². The fraction of sp³-hybridized carbons (Fsp3) is 0.211. The zero-order chi connectivity index (χ0) is 18.4. The first kappa shape index (κ1) is 17.9. The Bertz CT molecular complexity index is 887. The van der Waals surface area contributed by atoms with Crippen molar-refractivity contribution in [1.29, 1.82) is 0 Å². The number of rotatable bonds is 7. The van der Waals surface area contributed by atoms with E-state index in [-0.39, 0.29) is 18.2 Å². The molecule has 0 bridgehead atoms. The third kappa shape index (κ3) is 4.37. The summed E-state index contributed by atoms with van der Waals surface area (Å²) in [4.78, 5) is 29.0. The molecule has 0 aliphatic rings. The van der Waals surface area contributed by atoms with Crippen LogP contribution in [0.4, 0.5) is 5.69 Å². The van der Waals surface area contributed by atoms with Crippen molar-refractivity contribution in [3.05, 3.63) is 59.3 Å². The third-order valence-electron chi connectivity index (χ3n) is 3.61. The van der Waals surface area contributed by atoms with Gasteiger partial charge in [0.25, 0.3) is 5.91 Å². The number of amides is 2. The predicted molar refractivity (Wildman–Crippen MR) is 101 cm³/mol. The molecule has 0 fully saturated rings. The minimum absolute atomic E-state index is 0.127. The van der Waals surface area contributed by atoms with E-state index in [1.54, 1.807) is 36.6 Å². The maximum Gasteiger partial charge on any atom is 0.253 e. The number of anilines is 1. The summed E-state index contributed by atoms with van der Waals surface area (Å²) in [5.41, 5.74) is 1.60. The molecule has 0 atom stereocenters. The van der Waals surface area contributed by atoms with Crippen molar-refractivity contribution >= 4 is 28.8 Å². The molecule has 26 heavy (non-hydrogen) atoms. The van der Waals surface area contributed by atoms with Crippen LogP contribution in [0.5, 0.6) is 0 Å². The van der Waals surface area contributed by atoms with Gasteiger partial charge >= 0.3 is 0 Å². The summed E-state index contributed by atoms with van der Waals surface area (Å²) >= 11 is 1.42. The van der Waals surface area contributed by atoms with Crippen LogP contribution in [-0.2, 0) is 11.2 Å². The maximum absolute atomic E-state index is 12.4. The van der Waals surface area contributed by atoms with Crippen molar-refractivity contribution < 1.29 is 14.0 Å². The molecule has 0 radical (unpaired) electrons. The van der Waals surface area contributed by atoms with E-state index < -0.39 is 0 Å². The van der Waals surface area contributed by atoms with Gasteiger partial charge in [-0.2, -0.15) is 0 Å². The van der Waals surface area contributed by atoms with Gasteiger partial charge in [0.1, 0.15) is 0 Å². The van der Waals surface area contributed by atoms with Crippen LogP contribution in [0.15, 0.2) is 52.5 Å². The topological polar surface area (TPSA) is 84.2 Å². The Hall–Kier alpha value is -2.93. The van der Waals surface area contributed by atoms with E-state index in [2.05, 4.69) is 15.6 Å². The molecule has 0 aliphatic heterocycles. The van der Waals surface area contributed by atoms with Crippen LogP contribution in [0.25, 0.3) is 10.8 Å². The fourth-order valence-electron chi connectivity index (χ4n) is 2.38. The summed E-state index contributed by atoms with van der Waals surface area (Å²) in [5, 5.41) is 8.19. The Morgan fingerprint density at radius 3 is 2.81 bits per heavy atom. The minimum atomic E-state index is -0.225. The van der Waals surface area contributed by atoms with Gasteiger partial charge in [0.2, 0.25) is 5.91 Å². The molecule has 2 heterocycles. The van der Waals surface area contributed by atoms with E-state index >= 15 is 0 Å². The number of aromatic nitrogens is 1. The second-order valence-electron chi connectivity index (χ2n) is 5.65. The molecule has 134 valence electrons. The van der Waals surface area contributed by atoms with E-state index in [1.165, 1.54) is 11.3 Å². The summed E-state index contributed by atoms with van der Waals surface area (Å²) in [6, 6.07) is 10.6. The third-order valence-corrected chi connectivity index (χ3v) is 4.51. The van der Waals surface area contributed by atoms with Crippen LogP contribution < -0.4 is 10.6 Å². The van der Waals surface area contributed by atoms with E-state index in [1.807, 2.05) is 18.4 Å². The van der Waals surface area contributed by atoms with Gasteiger partial charge in [-0.05, 0) is 30.7 Å². The fourth-order valence-corrected chi connectivity index (χ4v) is 3.17. The summed E-state index contributed by atoms with van der Waals surface area (Å²) in [5.74, 6) is 0.258. The number of hydrogen-bond donors (Lipinski definition) is 2. The number of para-hydroxylation sites is 1. The van der Waals surface area contributed by atoms with Gasteiger partial charge in [-0.1, -0.05) is 19.1 Å². The average molecular weight is 369 g/mol. The van der Waals surface area contributed by atoms with Crippen LogP contribution in [0, 0.1) is 0 Å². The van der Waals surface area contributed by atoms with Gasteiger partial charge in [0, 0.05) is 11.9 Å². The highest BCUT2D eigenvalue weighted by Gasteiger charge is 2.14. The molecule has 3 aromatic rings. The molecule has 0 unspecified atom stereocenters. The number of benzene rings is 1. The smallest absolute Gasteiger partial charge is 0.253 e. The summed E-state index contributed by atoms with van der Waals surface area (Å²) in [7, 11) is 0. The first-order valence-electron chi connectivity index (χ1n) is 8.32. The molecule has 0 spiro atoms. The average Bonchev–Trinajstić information content (AvgIpc) is 3.31. The number of hydrogen-bond acceptors (Lipinski definition) is 5. The zero-order valence-electron chi connectivity index (χ0n) is 14.3. The minimum Gasteiger partial charge on any atom is -0.462 e. The first-order chi connectivity index (χ1) is 12.7. The second-order valence-corrected chi connectivity index (χ2v) is 6.51. The molecular formula is C19H19N3O3S. The standard InChI is InChI=1S/C19H19N3O3S/c1-2-9-20-18(24)14-6-3-4-7-15(14)22-17(23)11-13-12-26-19(21-13)16-8-5-10-25-16/h3-8,10,12H,2,9,11H2,1H3,(H,20,24)(H,22,23). The lowest BCUT2D eigenvalue weighted by molar-refractivity contribution is -0.115. The molecule has 0 saturated heterocycles. The summed E-state index contributed by atoms with van der Waals surface area (Å²) in [6.45, 7) is 2.58. The largest absolute Gasteiger partial charge is 0.462 e. The number of nitrogens with zero attached hydrogens (tertiary/aromatic N) is 1. The Morgan fingerprint density at radius 1 is 1.19 bits per heavy atom. The maximum atomic E-state index is 12.4. The Morgan fingerprint density at radius 2 is 2.04 bits per heavy atom. The molecule has 3 rings (SSSR count). The molecule has 2 N–H and O–H groups in total. The Kier molecular flexibility index (Phi) is 5.80. The number of furan rings is 1. The van der Waals surface area contributed by atoms with E-state index in [0.717, 1.165) is 11.4 Å². The Labute approximate surface area is 155 Å². The quantitative estimate of drug-likeness (QED) is 0.665. The lowest BCUT2D eigenvalue weighted by atomic mass is 10.1. The predicted octanol–water partition coefficient (Wildman–Crippen LogP) is 3.72. The van der Waals surface area contributed by atoms with E-state index in [0.29, 0.717) is 29.2 Å². The van der Waals surface area contributed by atoms with Gasteiger partial charge in [-0.3, -0.25) is 9.59 Å². The lowest BCUT2D eigenvalue weighted by Crippen LogP contribution is -2.26. The van der Waals surface area contributed by atoms with Crippen molar-refractivity contribution in [3.8, 4) is 10.8 Å². The van der Waals surface area contributed by atoms with E-state index in [9.17, 15) is 9.59 Å². The number of carbonyl (C=O) groups is 2. The van der Waals surface area contributed by atoms with Crippen molar-refractivity contribution in [3.63, 3.8) is 0 Å². The number of carbonyl (C=O) groups excluding carboxylic acids is 2. The van der Waals surface area contributed by atoms with Gasteiger partial charge in [0.15, 0.2) is 10.8 Å². The van der Waals surface area contributed by atoms with Crippen molar-refractivity contribution in [1.82, 2.24) is 10.3 Å². The highest BCUT2D eigenvalue weighted by Crippen LogP contribution is 2.24. The van der Waals surface area contributed by atoms with Gasteiger partial charge in [-0.15, -0.1) is 11.3 Å². The summed E-state index contributed by atoms with van der Waals surface area (Å²) in [6.07, 6.45) is 2.56. The molecule has 0 saturated carbocycles. The van der Waals surface area contributed by atoms with E-state index in [4.69, 9.17) is 4.42 Å². The van der Waals surface area contributed by atoms with Crippen LogP contribution in [0.3, 0.4) is 0 Å². The van der Waals surface area contributed by atoms with Crippen molar-refractivity contribution in [2.24, 2.45) is 0 Å². The second kappa shape index (κ2) is 8.44. The van der Waals surface area contributed by atoms with Gasteiger partial charge < -0.3 is 15.1 Å². The Balaban J connectivity index is 1.66. The molecule has 6 nitrogen and oxygen atoms in total. The lowest BCUT2D eigenvalue weighted by Gasteiger charge is -2.10. The zero-order valence-corrected chi connectivity index (χ0v) is 15.1. The monoisotopic (exact) mass is 369 g/mol. The normalized spacial score (nSPS) is 10.5. The molecule has 7 heteroatoms. The van der Waals surface area contributed by atoms with Crippen molar-refractivity contribution in [2.45, 2.75) is 19.8 Å². The molecule has 2 amide bonds. The molecule has 1 aromatic carbocycles. The van der Waals surface area contributed by atoms with Crippen LogP contribution in [0.2, 0.25) is 0 Å².